The molecule has 2 N–H and O–H groups in total. The third kappa shape index (κ3) is 2.17. The van der Waals surface area contributed by atoms with Crippen molar-refractivity contribution in [1.82, 2.24) is 5.32 Å². The van der Waals surface area contributed by atoms with Crippen LogP contribution in [0.25, 0.3) is 0 Å². The standard InChI is InChI=1S/C12H15NO3/c1-16-10-2-3-11-8(4-10)6-13-7-9(11)5-12(14)15/h2-4,9,13H,5-7H2,1H3,(H,14,15). The lowest BCUT2D eigenvalue weighted by Gasteiger charge is -2.25. The van der Waals surface area contributed by atoms with E-state index in [0.29, 0.717) is 0 Å². The molecule has 0 saturated heterocycles. The summed E-state index contributed by atoms with van der Waals surface area (Å²) in [5.74, 6) is 0.124. The third-order valence-corrected chi connectivity index (χ3v) is 2.92. The number of aliphatic carboxylic acids is 1. The number of ether oxygens (including phenoxy) is 1. The highest BCUT2D eigenvalue weighted by molar-refractivity contribution is 5.68. The van der Waals surface area contributed by atoms with E-state index in [1.807, 2.05) is 18.2 Å². The lowest BCUT2D eigenvalue weighted by Crippen LogP contribution is -2.29. The second-order valence-electron chi connectivity index (χ2n) is 3.99. The largest absolute Gasteiger partial charge is 0.497 e. The molecular weight excluding hydrogens is 206 g/mol. The van der Waals surface area contributed by atoms with Gasteiger partial charge in [-0.1, -0.05) is 6.07 Å². The Kier molecular flexibility index (Phi) is 3.10. The maximum Gasteiger partial charge on any atom is 0.304 e. The van der Waals surface area contributed by atoms with Crippen molar-refractivity contribution in [2.45, 2.75) is 18.9 Å². The molecule has 0 aromatic heterocycles. The highest BCUT2D eigenvalue weighted by atomic mass is 16.5. The van der Waals surface area contributed by atoms with Gasteiger partial charge in [-0.2, -0.15) is 0 Å². The zero-order valence-electron chi connectivity index (χ0n) is 9.19. The highest BCUT2D eigenvalue weighted by Gasteiger charge is 2.22. The molecule has 16 heavy (non-hydrogen) atoms. The molecule has 1 aliphatic rings. The van der Waals surface area contributed by atoms with Gasteiger partial charge in [0, 0.05) is 19.0 Å². The molecule has 0 aliphatic carbocycles. The van der Waals surface area contributed by atoms with Gasteiger partial charge in [-0.3, -0.25) is 4.79 Å². The Bertz CT molecular complexity index is 403. The maximum atomic E-state index is 10.7. The normalized spacial score (nSPS) is 18.9. The molecule has 1 aromatic carbocycles. The number of rotatable bonds is 3. The lowest BCUT2D eigenvalue weighted by molar-refractivity contribution is -0.137. The molecule has 1 aliphatic heterocycles. The summed E-state index contributed by atoms with van der Waals surface area (Å²) in [5, 5.41) is 12.1. The minimum absolute atomic E-state index is 0.0622. The molecule has 4 nitrogen and oxygen atoms in total. The second kappa shape index (κ2) is 4.53. The molecule has 1 unspecified atom stereocenters. The fourth-order valence-electron chi connectivity index (χ4n) is 2.14. The summed E-state index contributed by atoms with van der Waals surface area (Å²) in [7, 11) is 1.63. The van der Waals surface area contributed by atoms with Crippen molar-refractivity contribution in [2.24, 2.45) is 0 Å². The van der Waals surface area contributed by atoms with E-state index < -0.39 is 5.97 Å². The topological polar surface area (TPSA) is 58.6 Å². The second-order valence-corrected chi connectivity index (χ2v) is 3.99. The first-order valence-electron chi connectivity index (χ1n) is 5.30. The molecule has 2 rings (SSSR count). The number of carbonyl (C=O) groups is 1. The fraction of sp³-hybridized carbons (Fsp3) is 0.417. The first-order chi connectivity index (χ1) is 7.70. The Balaban J connectivity index is 2.28. The molecule has 86 valence electrons. The number of nitrogens with one attached hydrogen (secondary N) is 1. The quantitative estimate of drug-likeness (QED) is 0.809. The summed E-state index contributed by atoms with van der Waals surface area (Å²) in [6.07, 6.45) is 0.173. The van der Waals surface area contributed by atoms with Crippen LogP contribution >= 0.6 is 0 Å². The summed E-state index contributed by atoms with van der Waals surface area (Å²) >= 11 is 0. The Labute approximate surface area is 94.2 Å². The molecular formula is C12H15NO3. The molecule has 0 spiro atoms. The Morgan fingerprint density at radius 3 is 3.12 bits per heavy atom. The fourth-order valence-corrected chi connectivity index (χ4v) is 2.14. The zero-order valence-corrected chi connectivity index (χ0v) is 9.19. The van der Waals surface area contributed by atoms with Crippen LogP contribution in [-0.4, -0.2) is 24.7 Å². The van der Waals surface area contributed by atoms with Gasteiger partial charge < -0.3 is 15.2 Å². The van der Waals surface area contributed by atoms with Crippen LogP contribution in [0, 0.1) is 0 Å². The number of carboxylic acid groups (broad SMARTS) is 1. The molecule has 1 heterocycles. The van der Waals surface area contributed by atoms with E-state index in [1.165, 1.54) is 0 Å². The number of hydrogen-bond acceptors (Lipinski definition) is 3. The van der Waals surface area contributed by atoms with Crippen molar-refractivity contribution in [2.75, 3.05) is 13.7 Å². The van der Waals surface area contributed by atoms with E-state index in [-0.39, 0.29) is 12.3 Å². The predicted octanol–water partition coefficient (Wildman–Crippen LogP) is 1.36. The maximum absolute atomic E-state index is 10.7. The van der Waals surface area contributed by atoms with Gasteiger partial charge >= 0.3 is 5.97 Å². The predicted molar refractivity (Wildman–Crippen MR) is 59.7 cm³/mol. The average Bonchev–Trinajstić information content (AvgIpc) is 2.28. The monoisotopic (exact) mass is 221 g/mol. The van der Waals surface area contributed by atoms with Gasteiger partial charge in [-0.05, 0) is 23.3 Å². The van der Waals surface area contributed by atoms with Gasteiger partial charge in [0.25, 0.3) is 0 Å². The van der Waals surface area contributed by atoms with E-state index in [2.05, 4.69) is 5.32 Å². The van der Waals surface area contributed by atoms with Crippen molar-refractivity contribution < 1.29 is 14.6 Å². The van der Waals surface area contributed by atoms with E-state index in [4.69, 9.17) is 9.84 Å². The van der Waals surface area contributed by atoms with Crippen molar-refractivity contribution in [1.29, 1.82) is 0 Å². The minimum atomic E-state index is -0.754. The van der Waals surface area contributed by atoms with Gasteiger partial charge in [-0.25, -0.2) is 0 Å². The Morgan fingerprint density at radius 2 is 2.44 bits per heavy atom. The first-order valence-corrected chi connectivity index (χ1v) is 5.30. The summed E-state index contributed by atoms with van der Waals surface area (Å²) in [5.41, 5.74) is 2.26. The Morgan fingerprint density at radius 1 is 1.62 bits per heavy atom. The third-order valence-electron chi connectivity index (χ3n) is 2.92. The summed E-state index contributed by atoms with van der Waals surface area (Å²) in [6, 6.07) is 5.83. The van der Waals surface area contributed by atoms with E-state index >= 15 is 0 Å². The van der Waals surface area contributed by atoms with Crippen LogP contribution in [0.4, 0.5) is 0 Å². The van der Waals surface area contributed by atoms with Crippen LogP contribution in [0.2, 0.25) is 0 Å². The molecule has 0 amide bonds. The van der Waals surface area contributed by atoms with Crippen molar-refractivity contribution >= 4 is 5.97 Å². The summed E-state index contributed by atoms with van der Waals surface area (Å²) in [6.45, 7) is 1.51. The molecule has 0 fully saturated rings. The number of methoxy groups -OCH3 is 1. The smallest absolute Gasteiger partial charge is 0.304 e. The number of benzene rings is 1. The van der Waals surface area contributed by atoms with Crippen molar-refractivity contribution in [3.05, 3.63) is 29.3 Å². The molecule has 0 radical (unpaired) electrons. The van der Waals surface area contributed by atoms with Crippen molar-refractivity contribution in [3.63, 3.8) is 0 Å². The summed E-state index contributed by atoms with van der Waals surface area (Å²) < 4.78 is 5.15. The van der Waals surface area contributed by atoms with Gasteiger partial charge in [0.1, 0.15) is 5.75 Å². The van der Waals surface area contributed by atoms with E-state index in [1.54, 1.807) is 7.11 Å². The molecule has 1 aromatic rings. The van der Waals surface area contributed by atoms with Gasteiger partial charge in [0.05, 0.1) is 13.5 Å². The molecule has 0 saturated carbocycles. The SMILES string of the molecule is COc1ccc2c(c1)CNCC2CC(=O)O. The minimum Gasteiger partial charge on any atom is -0.497 e. The van der Waals surface area contributed by atoms with Crippen LogP contribution in [0.3, 0.4) is 0 Å². The van der Waals surface area contributed by atoms with Crippen LogP contribution in [0.5, 0.6) is 5.75 Å². The molecule has 4 heteroatoms. The molecule has 1 atom stereocenters. The van der Waals surface area contributed by atoms with E-state index in [9.17, 15) is 4.79 Å². The lowest BCUT2D eigenvalue weighted by atomic mass is 9.88. The van der Waals surface area contributed by atoms with Crippen LogP contribution < -0.4 is 10.1 Å². The van der Waals surface area contributed by atoms with E-state index in [0.717, 1.165) is 30.0 Å². The Hall–Kier alpha value is -1.55. The van der Waals surface area contributed by atoms with Crippen LogP contribution in [0.15, 0.2) is 18.2 Å². The number of hydrogen-bond donors (Lipinski definition) is 2. The number of fused-ring (bicyclic) bond motifs is 1. The van der Waals surface area contributed by atoms with Gasteiger partial charge in [0.15, 0.2) is 0 Å². The first kappa shape index (κ1) is 11.0. The summed E-state index contributed by atoms with van der Waals surface area (Å²) in [4.78, 5) is 10.7. The van der Waals surface area contributed by atoms with Crippen LogP contribution in [0.1, 0.15) is 23.5 Å². The number of carboxylic acids is 1. The zero-order chi connectivity index (χ0) is 11.5. The van der Waals surface area contributed by atoms with Gasteiger partial charge in [-0.15, -0.1) is 0 Å². The van der Waals surface area contributed by atoms with Crippen molar-refractivity contribution in [3.8, 4) is 5.75 Å². The average molecular weight is 221 g/mol. The highest BCUT2D eigenvalue weighted by Crippen LogP contribution is 2.29. The van der Waals surface area contributed by atoms with Crippen LogP contribution in [-0.2, 0) is 11.3 Å². The molecule has 0 bridgehead atoms. The van der Waals surface area contributed by atoms with Gasteiger partial charge in [0.2, 0.25) is 0 Å².